The Bertz CT molecular complexity index is 672. The number of fused-ring (bicyclic) bond motifs is 1. The molecule has 30 heavy (non-hydrogen) atoms. The van der Waals surface area contributed by atoms with Gasteiger partial charge in [0, 0.05) is 6.42 Å². The highest BCUT2D eigenvalue weighted by Crippen LogP contribution is 2.60. The average Bonchev–Trinajstić information content (AvgIpc) is 3.04. The fraction of sp³-hybridized carbons (Fsp3) is 0.786. The fourth-order valence-corrected chi connectivity index (χ4v) is 6.74. The van der Waals surface area contributed by atoms with Crippen LogP contribution >= 0.6 is 0 Å². The predicted molar refractivity (Wildman–Crippen MR) is 127 cm³/mol. The van der Waals surface area contributed by atoms with E-state index in [1.807, 2.05) is 0 Å². The summed E-state index contributed by atoms with van der Waals surface area (Å²) in [4.78, 5) is 0. The predicted octanol–water partition coefficient (Wildman–Crippen LogP) is 6.84. The van der Waals surface area contributed by atoms with Crippen LogP contribution in [0.3, 0.4) is 0 Å². The van der Waals surface area contributed by atoms with Crippen LogP contribution in [0.25, 0.3) is 0 Å². The van der Waals surface area contributed by atoms with Crippen LogP contribution in [-0.4, -0.2) is 22.4 Å². The molecule has 0 spiro atoms. The molecule has 3 aliphatic rings. The van der Waals surface area contributed by atoms with Gasteiger partial charge in [-0.2, -0.15) is 0 Å². The summed E-state index contributed by atoms with van der Waals surface area (Å²) in [6.07, 6.45) is 13.8. The van der Waals surface area contributed by atoms with Crippen molar-refractivity contribution in [3.05, 3.63) is 35.5 Å². The molecule has 0 aliphatic heterocycles. The van der Waals surface area contributed by atoms with E-state index in [0.29, 0.717) is 24.2 Å². The van der Waals surface area contributed by atoms with E-state index in [9.17, 15) is 10.2 Å². The zero-order chi connectivity index (χ0) is 22.1. The van der Waals surface area contributed by atoms with Gasteiger partial charge < -0.3 is 10.2 Å². The molecule has 0 radical (unpaired) electrons. The molecule has 2 unspecified atom stereocenters. The van der Waals surface area contributed by atoms with Crippen molar-refractivity contribution in [2.75, 3.05) is 0 Å². The summed E-state index contributed by atoms with van der Waals surface area (Å²) in [6, 6.07) is 0. The lowest BCUT2D eigenvalue weighted by atomic mass is 9.60. The number of rotatable bonds is 6. The Morgan fingerprint density at radius 3 is 2.53 bits per heavy atom. The SMILES string of the molecule is C=C1/C(=C\C=C2/CCC[C@@]3(C)C2CCC3[C@H](C)CC[C@H](C)C(C)C)C[C@@H](O)C[C@H]1O. The maximum atomic E-state index is 10.1. The summed E-state index contributed by atoms with van der Waals surface area (Å²) in [5.41, 5.74) is 3.87. The number of aliphatic hydroxyl groups excluding tert-OH is 2. The molecular formula is C28H46O2. The highest BCUT2D eigenvalue weighted by atomic mass is 16.3. The Balaban J connectivity index is 1.72. The third-order valence-corrected chi connectivity index (χ3v) is 9.20. The van der Waals surface area contributed by atoms with Crippen LogP contribution in [0.15, 0.2) is 35.5 Å². The Morgan fingerprint density at radius 1 is 1.10 bits per heavy atom. The summed E-state index contributed by atoms with van der Waals surface area (Å²) >= 11 is 0. The Kier molecular flexibility index (Phi) is 7.72. The highest BCUT2D eigenvalue weighted by Gasteiger charge is 2.50. The molecule has 0 saturated heterocycles. The van der Waals surface area contributed by atoms with Crippen molar-refractivity contribution in [3.63, 3.8) is 0 Å². The van der Waals surface area contributed by atoms with E-state index in [2.05, 4.69) is 53.3 Å². The van der Waals surface area contributed by atoms with Crippen LogP contribution in [0.5, 0.6) is 0 Å². The monoisotopic (exact) mass is 414 g/mol. The first kappa shape index (κ1) is 23.8. The van der Waals surface area contributed by atoms with Crippen molar-refractivity contribution < 1.29 is 10.2 Å². The van der Waals surface area contributed by atoms with Crippen LogP contribution in [0, 0.1) is 35.0 Å². The molecule has 3 aliphatic carbocycles. The molecule has 0 aromatic rings. The fourth-order valence-electron chi connectivity index (χ4n) is 6.74. The molecule has 3 saturated carbocycles. The van der Waals surface area contributed by atoms with E-state index < -0.39 is 12.2 Å². The van der Waals surface area contributed by atoms with E-state index in [4.69, 9.17) is 0 Å². The summed E-state index contributed by atoms with van der Waals surface area (Å²) in [5.74, 6) is 3.95. The summed E-state index contributed by atoms with van der Waals surface area (Å²) in [5, 5.41) is 20.2. The smallest absolute Gasteiger partial charge is 0.0811 e. The van der Waals surface area contributed by atoms with E-state index >= 15 is 0 Å². The highest BCUT2D eigenvalue weighted by molar-refractivity contribution is 5.38. The van der Waals surface area contributed by atoms with Crippen molar-refractivity contribution >= 4 is 0 Å². The first-order valence-corrected chi connectivity index (χ1v) is 12.6. The quantitative estimate of drug-likeness (QED) is 0.500. The summed E-state index contributed by atoms with van der Waals surface area (Å²) in [6.45, 7) is 16.3. The Hall–Kier alpha value is -0.860. The lowest BCUT2D eigenvalue weighted by Crippen LogP contribution is -2.36. The van der Waals surface area contributed by atoms with Crippen molar-refractivity contribution in [3.8, 4) is 0 Å². The van der Waals surface area contributed by atoms with Crippen LogP contribution < -0.4 is 0 Å². The topological polar surface area (TPSA) is 40.5 Å². The van der Waals surface area contributed by atoms with Gasteiger partial charge >= 0.3 is 0 Å². The Morgan fingerprint density at radius 2 is 1.83 bits per heavy atom. The van der Waals surface area contributed by atoms with Gasteiger partial charge in [-0.1, -0.05) is 71.8 Å². The standard InChI is InChI=1S/C28H46O2/c1-18(2)19(3)9-10-20(4)25-13-14-26-22(8-7-15-28(25,26)6)11-12-23-16-24(29)17-27(30)21(23)5/h11-12,18-20,24-27,29-30H,5,7-10,13-17H2,1-4,6H3/b22-11+,23-12-/t19-,20+,24+,25?,26?,27+,28+/m0/s1. The molecule has 3 rings (SSSR count). The second-order valence-corrected chi connectivity index (χ2v) is 11.4. The molecular weight excluding hydrogens is 368 g/mol. The molecule has 3 fully saturated rings. The van der Waals surface area contributed by atoms with Gasteiger partial charge in [0.05, 0.1) is 12.2 Å². The number of hydrogen-bond donors (Lipinski definition) is 2. The number of aliphatic hydroxyl groups is 2. The van der Waals surface area contributed by atoms with Crippen LogP contribution in [-0.2, 0) is 0 Å². The summed E-state index contributed by atoms with van der Waals surface area (Å²) < 4.78 is 0. The van der Waals surface area contributed by atoms with Crippen molar-refractivity contribution in [2.45, 2.75) is 105 Å². The molecule has 0 heterocycles. The zero-order valence-corrected chi connectivity index (χ0v) is 20.2. The van der Waals surface area contributed by atoms with Gasteiger partial charge in [-0.3, -0.25) is 0 Å². The normalized spacial score (nSPS) is 39.5. The van der Waals surface area contributed by atoms with Crippen LogP contribution in [0.1, 0.15) is 92.4 Å². The average molecular weight is 415 g/mol. The molecule has 7 atom stereocenters. The van der Waals surface area contributed by atoms with E-state index in [1.165, 1.54) is 44.9 Å². The molecule has 0 aromatic heterocycles. The molecule has 2 heteroatoms. The largest absolute Gasteiger partial charge is 0.393 e. The van der Waals surface area contributed by atoms with Gasteiger partial charge in [0.2, 0.25) is 0 Å². The first-order valence-electron chi connectivity index (χ1n) is 12.6. The van der Waals surface area contributed by atoms with Crippen molar-refractivity contribution in [2.24, 2.45) is 35.0 Å². The first-order chi connectivity index (χ1) is 14.1. The molecule has 170 valence electrons. The maximum Gasteiger partial charge on any atom is 0.0811 e. The molecule has 0 amide bonds. The zero-order valence-electron chi connectivity index (χ0n) is 20.2. The van der Waals surface area contributed by atoms with E-state index in [0.717, 1.165) is 34.8 Å². The second-order valence-electron chi connectivity index (χ2n) is 11.4. The van der Waals surface area contributed by atoms with Gasteiger partial charge in [0.1, 0.15) is 0 Å². The van der Waals surface area contributed by atoms with Gasteiger partial charge in [-0.15, -0.1) is 0 Å². The summed E-state index contributed by atoms with van der Waals surface area (Å²) in [7, 11) is 0. The van der Waals surface area contributed by atoms with E-state index in [1.54, 1.807) is 5.57 Å². The minimum atomic E-state index is -0.597. The molecule has 0 aromatic carbocycles. The van der Waals surface area contributed by atoms with Gasteiger partial charge in [0.15, 0.2) is 0 Å². The van der Waals surface area contributed by atoms with Gasteiger partial charge in [0.25, 0.3) is 0 Å². The molecule has 2 nitrogen and oxygen atoms in total. The third-order valence-electron chi connectivity index (χ3n) is 9.20. The number of hydrogen-bond acceptors (Lipinski definition) is 2. The second kappa shape index (κ2) is 9.74. The van der Waals surface area contributed by atoms with Gasteiger partial charge in [-0.05, 0) is 84.7 Å². The lowest BCUT2D eigenvalue weighted by molar-refractivity contribution is 0.0861. The van der Waals surface area contributed by atoms with E-state index in [-0.39, 0.29) is 0 Å². The minimum absolute atomic E-state index is 0.419. The van der Waals surface area contributed by atoms with Crippen molar-refractivity contribution in [1.29, 1.82) is 0 Å². The number of allylic oxidation sites excluding steroid dienone is 3. The molecule has 0 bridgehead atoms. The van der Waals surface area contributed by atoms with Crippen LogP contribution in [0.4, 0.5) is 0 Å². The Labute approximate surface area is 185 Å². The van der Waals surface area contributed by atoms with Gasteiger partial charge in [-0.25, -0.2) is 0 Å². The molecule has 2 N–H and O–H groups in total. The maximum absolute atomic E-state index is 10.1. The van der Waals surface area contributed by atoms with Crippen molar-refractivity contribution in [1.82, 2.24) is 0 Å². The third kappa shape index (κ3) is 4.96. The van der Waals surface area contributed by atoms with Crippen LogP contribution in [0.2, 0.25) is 0 Å². The minimum Gasteiger partial charge on any atom is -0.393 e. The lowest BCUT2D eigenvalue weighted by Gasteiger charge is -2.44.